The molecule has 0 saturated carbocycles. The van der Waals surface area contributed by atoms with E-state index >= 15 is 0 Å². The van der Waals surface area contributed by atoms with Crippen molar-refractivity contribution in [2.45, 2.75) is 88.3 Å². The maximum Gasteiger partial charge on any atom is 0.255 e. The van der Waals surface area contributed by atoms with Crippen LogP contribution in [0, 0.1) is 11.8 Å². The molecule has 1 saturated heterocycles. The highest BCUT2D eigenvalue weighted by Gasteiger charge is 2.36. The number of carbonyl (C=O) groups is 2. The number of benzene rings is 2. The van der Waals surface area contributed by atoms with Crippen molar-refractivity contribution in [3.05, 3.63) is 59.7 Å². The minimum absolute atomic E-state index is 0.0253. The molecule has 2 aromatic rings. The monoisotopic (exact) mass is 614 g/mol. The average molecular weight is 615 g/mol. The first kappa shape index (κ1) is 32.9. The molecule has 236 valence electrons. The minimum Gasteiger partial charge on any atom is -0.493 e. The van der Waals surface area contributed by atoms with Crippen LogP contribution in [0.5, 0.6) is 5.75 Å². The zero-order valence-corrected chi connectivity index (χ0v) is 26.4. The van der Waals surface area contributed by atoms with Gasteiger partial charge in [0.2, 0.25) is 5.91 Å². The van der Waals surface area contributed by atoms with E-state index in [0.29, 0.717) is 25.2 Å². The Kier molecular flexibility index (Phi) is 11.2. The van der Waals surface area contributed by atoms with Crippen LogP contribution in [-0.4, -0.2) is 73.6 Å². The Bertz CT molecular complexity index is 1340. The van der Waals surface area contributed by atoms with Gasteiger partial charge in [0.25, 0.3) is 5.91 Å². The predicted molar refractivity (Wildman–Crippen MR) is 165 cm³/mol. The highest BCUT2D eigenvalue weighted by Crippen LogP contribution is 2.30. The molecule has 43 heavy (non-hydrogen) atoms. The van der Waals surface area contributed by atoms with Crippen molar-refractivity contribution in [3.63, 3.8) is 0 Å². The highest BCUT2D eigenvalue weighted by atomic mass is 32.2. The van der Waals surface area contributed by atoms with Crippen molar-refractivity contribution in [1.29, 1.82) is 0 Å². The quantitative estimate of drug-likeness (QED) is 0.253. The second kappa shape index (κ2) is 14.7. The largest absolute Gasteiger partial charge is 0.493 e. The summed E-state index contributed by atoms with van der Waals surface area (Å²) in [5.41, 5.74) is 4.55. The first-order valence-electron chi connectivity index (χ1n) is 15.3. The lowest BCUT2D eigenvalue weighted by atomic mass is 9.99. The zero-order valence-electron chi connectivity index (χ0n) is 25.6. The number of fused-ring (bicyclic) bond motifs is 1. The van der Waals surface area contributed by atoms with Crippen LogP contribution < -0.4 is 20.8 Å². The van der Waals surface area contributed by atoms with Gasteiger partial charge in [0.1, 0.15) is 11.1 Å². The van der Waals surface area contributed by atoms with Gasteiger partial charge in [0, 0.05) is 19.4 Å². The summed E-state index contributed by atoms with van der Waals surface area (Å²) in [5, 5.41) is 18.2. The van der Waals surface area contributed by atoms with Crippen molar-refractivity contribution < 1.29 is 27.9 Å². The van der Waals surface area contributed by atoms with Crippen LogP contribution >= 0.6 is 0 Å². The van der Waals surface area contributed by atoms with Crippen LogP contribution in [-0.2, 0) is 32.3 Å². The van der Waals surface area contributed by atoms with Crippen LogP contribution in [0.3, 0.4) is 0 Å². The van der Waals surface area contributed by atoms with Gasteiger partial charge in [-0.25, -0.2) is 13.4 Å². The molecule has 2 amide bonds. The summed E-state index contributed by atoms with van der Waals surface area (Å²) in [5.74, 6) is -0.225. The van der Waals surface area contributed by atoms with Gasteiger partial charge in [0.15, 0.2) is 9.84 Å². The first-order valence-corrected chi connectivity index (χ1v) is 16.8. The van der Waals surface area contributed by atoms with Gasteiger partial charge in [-0.15, -0.1) is 0 Å². The van der Waals surface area contributed by atoms with E-state index in [2.05, 4.69) is 16.1 Å². The number of hydrazine groups is 1. The summed E-state index contributed by atoms with van der Waals surface area (Å²) in [7, 11) is -3.82. The molecule has 0 bridgehead atoms. The van der Waals surface area contributed by atoms with E-state index in [0.717, 1.165) is 24.1 Å². The third-order valence-corrected chi connectivity index (χ3v) is 10.3. The number of sulfone groups is 1. The molecule has 11 heteroatoms. The van der Waals surface area contributed by atoms with Crippen LogP contribution in [0.15, 0.2) is 53.4 Å². The van der Waals surface area contributed by atoms with E-state index in [-0.39, 0.29) is 47.9 Å². The summed E-state index contributed by atoms with van der Waals surface area (Å²) < 4.78 is 33.1. The maximum atomic E-state index is 13.8. The number of aliphatic hydroxyl groups is 1. The number of hydrogen-bond acceptors (Lipinski definition) is 8. The second-order valence-corrected chi connectivity index (χ2v) is 14.4. The molecule has 0 spiro atoms. The Balaban J connectivity index is 1.59. The molecule has 0 aromatic heterocycles. The van der Waals surface area contributed by atoms with Crippen LogP contribution in [0.2, 0.25) is 0 Å². The van der Waals surface area contributed by atoms with Gasteiger partial charge < -0.3 is 15.2 Å². The van der Waals surface area contributed by atoms with Gasteiger partial charge in [0.05, 0.1) is 29.7 Å². The van der Waals surface area contributed by atoms with Gasteiger partial charge in [-0.1, -0.05) is 58.0 Å². The van der Waals surface area contributed by atoms with Gasteiger partial charge in [-0.2, -0.15) is 0 Å². The molecule has 0 aliphatic carbocycles. The second-order valence-electron chi connectivity index (χ2n) is 12.3. The highest BCUT2D eigenvalue weighted by molar-refractivity contribution is 7.92. The van der Waals surface area contributed by atoms with Crippen molar-refractivity contribution in [3.8, 4) is 5.75 Å². The maximum absolute atomic E-state index is 13.8. The molecule has 2 aliphatic heterocycles. The Labute approximate surface area is 255 Å². The van der Waals surface area contributed by atoms with Crippen molar-refractivity contribution in [2.24, 2.45) is 11.8 Å². The van der Waals surface area contributed by atoms with E-state index in [1.54, 1.807) is 18.2 Å². The van der Waals surface area contributed by atoms with E-state index < -0.39 is 33.4 Å². The predicted octanol–water partition coefficient (Wildman–Crippen LogP) is 2.60. The summed E-state index contributed by atoms with van der Waals surface area (Å²) in [6.45, 7) is 8.60. The lowest BCUT2D eigenvalue weighted by Gasteiger charge is -2.37. The van der Waals surface area contributed by atoms with E-state index in [1.807, 2.05) is 58.0 Å². The SMILES string of the molecule is CC(C)CC(=O)N(NC(=O)C1CCCN1)[C@@H](Cc1ccccc1)[C@H](O)CNC(C(C)C)S(=O)(=O)c1ccc2c(c1)CCO2. The number of amides is 2. The van der Waals surface area contributed by atoms with Crippen LogP contribution in [0.25, 0.3) is 0 Å². The molecule has 2 heterocycles. The molecule has 4 atom stereocenters. The van der Waals surface area contributed by atoms with Crippen molar-refractivity contribution in [2.75, 3.05) is 19.7 Å². The van der Waals surface area contributed by atoms with E-state index in [4.69, 9.17) is 4.74 Å². The lowest BCUT2D eigenvalue weighted by molar-refractivity contribution is -0.149. The van der Waals surface area contributed by atoms with Crippen LogP contribution in [0.1, 0.15) is 58.1 Å². The normalized spacial score (nSPS) is 18.6. The van der Waals surface area contributed by atoms with Gasteiger partial charge >= 0.3 is 0 Å². The third-order valence-electron chi connectivity index (χ3n) is 7.98. The fourth-order valence-electron chi connectivity index (χ4n) is 5.70. The number of nitrogens with one attached hydrogen (secondary N) is 3. The van der Waals surface area contributed by atoms with Crippen LogP contribution in [0.4, 0.5) is 0 Å². The summed E-state index contributed by atoms with van der Waals surface area (Å²) in [4.78, 5) is 27.0. The molecule has 2 aliphatic rings. The number of rotatable bonds is 13. The third kappa shape index (κ3) is 8.35. The van der Waals surface area contributed by atoms with Crippen molar-refractivity contribution in [1.82, 2.24) is 21.1 Å². The molecule has 2 aromatic carbocycles. The fourth-order valence-corrected chi connectivity index (χ4v) is 7.59. The molecular formula is C32H46N4O6S. The minimum atomic E-state index is -3.82. The zero-order chi connectivity index (χ0) is 31.1. The number of ether oxygens (including phenoxy) is 1. The van der Waals surface area contributed by atoms with Gasteiger partial charge in [-0.05, 0) is 67.0 Å². The van der Waals surface area contributed by atoms with E-state index in [9.17, 15) is 23.1 Å². The Morgan fingerprint density at radius 1 is 1.12 bits per heavy atom. The molecule has 4 N–H and O–H groups in total. The lowest BCUT2D eigenvalue weighted by Crippen LogP contribution is -2.61. The number of nitrogens with zero attached hydrogens (tertiary/aromatic N) is 1. The van der Waals surface area contributed by atoms with Gasteiger partial charge in [-0.3, -0.25) is 20.3 Å². The number of aliphatic hydroxyl groups excluding tert-OH is 1. The smallest absolute Gasteiger partial charge is 0.255 e. The number of carbonyl (C=O) groups excluding carboxylic acids is 2. The molecule has 0 radical (unpaired) electrons. The average Bonchev–Trinajstić information content (AvgIpc) is 3.67. The summed E-state index contributed by atoms with van der Waals surface area (Å²) >= 11 is 0. The molecule has 2 unspecified atom stereocenters. The first-order chi connectivity index (χ1) is 20.5. The summed E-state index contributed by atoms with van der Waals surface area (Å²) in [6, 6.07) is 13.1. The topological polar surface area (TPSA) is 137 Å². The number of hydrogen-bond donors (Lipinski definition) is 4. The Hall–Kier alpha value is -2.99. The molecular weight excluding hydrogens is 568 g/mol. The molecule has 10 nitrogen and oxygen atoms in total. The van der Waals surface area contributed by atoms with Crippen molar-refractivity contribution >= 4 is 21.7 Å². The molecule has 1 fully saturated rings. The fraction of sp³-hybridized carbons (Fsp3) is 0.562. The summed E-state index contributed by atoms with van der Waals surface area (Å²) in [6.07, 6.45) is 1.41. The Morgan fingerprint density at radius 3 is 2.51 bits per heavy atom. The molecule has 4 rings (SSSR count). The van der Waals surface area contributed by atoms with E-state index in [1.165, 1.54) is 5.01 Å². The Morgan fingerprint density at radius 2 is 1.86 bits per heavy atom. The standard InChI is InChI=1S/C32H46N4O6S/c1-21(2)17-30(38)36(35-31(39)26-11-8-15-33-26)27(18-23-9-6-5-7-10-23)28(37)20-34-32(22(3)4)43(40,41)25-12-13-29-24(19-25)14-16-42-29/h5-7,9-10,12-13,19,21-22,26-28,32-34,37H,8,11,14-18,20H2,1-4H3,(H,35,39)/t26?,27-,28+,32?/m0/s1.